The van der Waals surface area contributed by atoms with Crippen LogP contribution in [0, 0.1) is 16.0 Å². The van der Waals surface area contributed by atoms with E-state index in [0.29, 0.717) is 27.7 Å². The summed E-state index contributed by atoms with van der Waals surface area (Å²) in [4.78, 5) is 45.0. The first-order chi connectivity index (χ1) is 16.4. The van der Waals surface area contributed by atoms with Gasteiger partial charge in [-0.15, -0.1) is 0 Å². The van der Waals surface area contributed by atoms with Gasteiger partial charge in [0.25, 0.3) is 11.6 Å². The summed E-state index contributed by atoms with van der Waals surface area (Å²) in [7, 11) is 1.52. The average Bonchev–Trinajstić information content (AvgIpc) is 3.35. The zero-order chi connectivity index (χ0) is 24.0. The summed E-state index contributed by atoms with van der Waals surface area (Å²) in [5, 5.41) is 13.4. The molecule has 0 aliphatic carbocycles. The Hall–Kier alpha value is -3.95. The number of anilines is 2. The maximum atomic E-state index is 13.6. The van der Waals surface area contributed by atoms with Gasteiger partial charge in [0.15, 0.2) is 6.10 Å². The van der Waals surface area contributed by atoms with Crippen LogP contribution in [0.2, 0.25) is 5.02 Å². The van der Waals surface area contributed by atoms with Crippen LogP contribution in [0.5, 0.6) is 5.75 Å². The van der Waals surface area contributed by atoms with Gasteiger partial charge in [-0.2, -0.15) is 0 Å². The molecule has 9 nitrogen and oxygen atoms in total. The highest BCUT2D eigenvalue weighted by atomic mass is 35.5. The summed E-state index contributed by atoms with van der Waals surface area (Å²) in [6.07, 6.45) is -1.09. The maximum absolute atomic E-state index is 13.6. The van der Waals surface area contributed by atoms with Crippen molar-refractivity contribution in [3.8, 4) is 5.75 Å². The SMILES string of the molecule is COc1ccc(N2C(=O)[C@H]3[C@H](ON(c4ccc(Cl)cc4)[C@H]3c3cccc([N+](=O)[O-])c3)C2=O)cc1. The minimum absolute atomic E-state index is 0.124. The number of ether oxygens (including phenoxy) is 1. The molecular weight excluding hydrogens is 462 g/mol. The number of hydrogen-bond acceptors (Lipinski definition) is 7. The van der Waals surface area contributed by atoms with Crippen molar-refractivity contribution in [3.63, 3.8) is 0 Å². The molecule has 2 saturated heterocycles. The first-order valence-electron chi connectivity index (χ1n) is 10.4. The van der Waals surface area contributed by atoms with Gasteiger partial charge in [0.05, 0.1) is 29.4 Å². The number of benzene rings is 3. The second kappa shape index (κ2) is 8.44. The van der Waals surface area contributed by atoms with Gasteiger partial charge < -0.3 is 4.74 Å². The molecule has 3 atom stereocenters. The van der Waals surface area contributed by atoms with Crippen LogP contribution < -0.4 is 14.7 Å². The lowest BCUT2D eigenvalue weighted by atomic mass is 9.90. The lowest BCUT2D eigenvalue weighted by Gasteiger charge is -2.28. The largest absolute Gasteiger partial charge is 0.497 e. The van der Waals surface area contributed by atoms with Crippen molar-refractivity contribution < 1.29 is 24.1 Å². The molecule has 0 spiro atoms. The van der Waals surface area contributed by atoms with E-state index in [2.05, 4.69) is 0 Å². The molecule has 3 aromatic rings. The van der Waals surface area contributed by atoms with E-state index in [4.69, 9.17) is 21.2 Å². The maximum Gasteiger partial charge on any atom is 0.269 e. The molecule has 0 unspecified atom stereocenters. The molecule has 3 aromatic carbocycles. The van der Waals surface area contributed by atoms with Crippen LogP contribution in [0.15, 0.2) is 72.8 Å². The quantitative estimate of drug-likeness (QED) is 0.305. The smallest absolute Gasteiger partial charge is 0.269 e. The first kappa shape index (κ1) is 21.9. The van der Waals surface area contributed by atoms with E-state index in [1.807, 2.05) is 0 Å². The Morgan fingerprint density at radius 3 is 2.29 bits per heavy atom. The Bertz CT molecular complexity index is 1280. The molecular formula is C24H18ClN3O6. The monoisotopic (exact) mass is 479 g/mol. The molecule has 0 radical (unpaired) electrons. The predicted molar refractivity (Wildman–Crippen MR) is 124 cm³/mol. The number of halogens is 1. The van der Waals surface area contributed by atoms with Gasteiger partial charge in [-0.3, -0.25) is 24.5 Å². The summed E-state index contributed by atoms with van der Waals surface area (Å²) >= 11 is 6.02. The van der Waals surface area contributed by atoms with E-state index in [9.17, 15) is 19.7 Å². The third-order valence-corrected chi connectivity index (χ3v) is 6.20. The number of hydroxylamine groups is 1. The van der Waals surface area contributed by atoms with Gasteiger partial charge in [-0.1, -0.05) is 23.7 Å². The molecule has 2 amide bonds. The van der Waals surface area contributed by atoms with Crippen molar-refractivity contribution >= 4 is 40.5 Å². The molecule has 0 N–H and O–H groups in total. The van der Waals surface area contributed by atoms with Gasteiger partial charge in [0, 0.05) is 17.2 Å². The van der Waals surface area contributed by atoms with Crippen LogP contribution in [0.3, 0.4) is 0 Å². The standard InChI is InChI=1S/C24H18ClN3O6/c1-33-19-11-9-16(10-12-19)26-23(29)20-21(14-3-2-4-18(13-14)28(31)32)27(34-22(20)24(26)30)17-7-5-15(25)6-8-17/h2-13,20-22H,1H3/t20-,21+,22+/m1/s1. The van der Waals surface area contributed by atoms with Crippen molar-refractivity contribution in [3.05, 3.63) is 93.5 Å². The van der Waals surface area contributed by atoms with Crippen molar-refractivity contribution in [2.75, 3.05) is 17.1 Å². The number of rotatable bonds is 5. The van der Waals surface area contributed by atoms with Crippen LogP contribution in [-0.4, -0.2) is 30.0 Å². The topological polar surface area (TPSA) is 102 Å². The highest BCUT2D eigenvalue weighted by Gasteiger charge is 2.60. The van der Waals surface area contributed by atoms with Crippen LogP contribution in [0.4, 0.5) is 17.1 Å². The lowest BCUT2D eigenvalue weighted by molar-refractivity contribution is -0.384. The van der Waals surface area contributed by atoms with Crippen molar-refractivity contribution in [2.45, 2.75) is 12.1 Å². The molecule has 5 rings (SSSR count). The fourth-order valence-electron chi connectivity index (χ4n) is 4.37. The van der Waals surface area contributed by atoms with E-state index in [0.717, 1.165) is 4.90 Å². The highest BCUT2D eigenvalue weighted by Crippen LogP contribution is 2.48. The van der Waals surface area contributed by atoms with Crippen LogP contribution in [0.25, 0.3) is 0 Å². The number of nitro benzene ring substituents is 1. The number of nitrogens with zero attached hydrogens (tertiary/aromatic N) is 3. The number of hydrogen-bond donors (Lipinski definition) is 0. The number of amides is 2. The number of nitro groups is 1. The zero-order valence-electron chi connectivity index (χ0n) is 17.8. The third kappa shape index (κ3) is 3.55. The molecule has 34 heavy (non-hydrogen) atoms. The summed E-state index contributed by atoms with van der Waals surface area (Å²) in [6.45, 7) is 0. The number of methoxy groups -OCH3 is 1. The van der Waals surface area contributed by atoms with E-state index in [-0.39, 0.29) is 5.69 Å². The van der Waals surface area contributed by atoms with E-state index >= 15 is 0 Å². The normalized spacial score (nSPS) is 21.6. The molecule has 0 saturated carbocycles. The number of imide groups is 1. The molecule has 2 aliphatic rings. The fraction of sp³-hybridized carbons (Fsp3) is 0.167. The Morgan fingerprint density at radius 2 is 1.65 bits per heavy atom. The van der Waals surface area contributed by atoms with Crippen LogP contribution >= 0.6 is 11.6 Å². The molecule has 2 aliphatic heterocycles. The average molecular weight is 480 g/mol. The van der Waals surface area contributed by atoms with E-state index < -0.39 is 34.8 Å². The van der Waals surface area contributed by atoms with Crippen molar-refractivity contribution in [1.82, 2.24) is 0 Å². The number of carbonyl (C=O) groups excluding carboxylic acids is 2. The fourth-order valence-corrected chi connectivity index (χ4v) is 4.50. The molecule has 10 heteroatoms. The van der Waals surface area contributed by atoms with E-state index in [1.165, 1.54) is 24.3 Å². The van der Waals surface area contributed by atoms with Crippen LogP contribution in [-0.2, 0) is 14.4 Å². The van der Waals surface area contributed by atoms with Gasteiger partial charge >= 0.3 is 0 Å². The molecule has 0 bridgehead atoms. The van der Waals surface area contributed by atoms with Crippen molar-refractivity contribution in [1.29, 1.82) is 0 Å². The van der Waals surface area contributed by atoms with Gasteiger partial charge in [0.1, 0.15) is 11.7 Å². The van der Waals surface area contributed by atoms with Gasteiger partial charge in [0.2, 0.25) is 5.91 Å². The highest BCUT2D eigenvalue weighted by molar-refractivity contribution is 6.30. The number of non-ortho nitro benzene ring substituents is 1. The van der Waals surface area contributed by atoms with E-state index in [1.54, 1.807) is 60.7 Å². The zero-order valence-corrected chi connectivity index (χ0v) is 18.6. The third-order valence-electron chi connectivity index (χ3n) is 5.95. The van der Waals surface area contributed by atoms with Gasteiger partial charge in [-0.25, -0.2) is 9.96 Å². The van der Waals surface area contributed by atoms with Crippen LogP contribution in [0.1, 0.15) is 11.6 Å². The minimum Gasteiger partial charge on any atom is -0.497 e. The summed E-state index contributed by atoms with van der Waals surface area (Å²) in [5.74, 6) is -1.28. The predicted octanol–water partition coefficient (Wildman–Crippen LogP) is 4.31. The first-order valence-corrected chi connectivity index (χ1v) is 10.7. The summed E-state index contributed by atoms with van der Waals surface area (Å²) in [6, 6.07) is 18.5. The minimum atomic E-state index is -1.09. The second-order valence-corrected chi connectivity index (χ2v) is 8.30. The Kier molecular flexibility index (Phi) is 5.43. The Labute approximate surface area is 199 Å². The molecule has 0 aromatic heterocycles. The Balaban J connectivity index is 1.58. The molecule has 2 heterocycles. The Morgan fingerprint density at radius 1 is 0.971 bits per heavy atom. The number of fused-ring (bicyclic) bond motifs is 1. The van der Waals surface area contributed by atoms with Gasteiger partial charge in [-0.05, 0) is 54.1 Å². The second-order valence-electron chi connectivity index (χ2n) is 7.86. The summed E-state index contributed by atoms with van der Waals surface area (Å²) < 4.78 is 5.15. The summed E-state index contributed by atoms with van der Waals surface area (Å²) in [5.41, 5.74) is 1.31. The lowest BCUT2D eigenvalue weighted by Crippen LogP contribution is -2.37. The van der Waals surface area contributed by atoms with Crippen molar-refractivity contribution in [2.24, 2.45) is 5.92 Å². The number of carbonyl (C=O) groups is 2. The molecule has 2 fully saturated rings. The molecule has 172 valence electrons.